The Morgan fingerprint density at radius 2 is 2.04 bits per heavy atom. The van der Waals surface area contributed by atoms with Gasteiger partial charge in [0.25, 0.3) is 0 Å². The van der Waals surface area contributed by atoms with Gasteiger partial charge in [0, 0.05) is 24.7 Å². The Hall–Kier alpha value is -0.954. The second-order valence-corrected chi connectivity index (χ2v) is 5.44. The monoisotopic (exact) mass is 345 g/mol. The summed E-state index contributed by atoms with van der Waals surface area (Å²) in [5, 5.41) is 4.24. The van der Waals surface area contributed by atoms with E-state index in [-0.39, 0.29) is 51.4 Å². The number of ether oxygens (including phenoxy) is 1. The van der Waals surface area contributed by atoms with Gasteiger partial charge in [0.15, 0.2) is 0 Å². The molecule has 118 valence electrons. The number of nitrogens with two attached hydrogens (primary N) is 1. The van der Waals surface area contributed by atoms with E-state index in [9.17, 15) is 0 Å². The summed E-state index contributed by atoms with van der Waals surface area (Å²) in [6, 6.07) is 17.5. The summed E-state index contributed by atoms with van der Waals surface area (Å²) in [6.45, 7) is 3.12. The van der Waals surface area contributed by atoms with E-state index in [0.717, 1.165) is 17.9 Å². The first kappa shape index (κ1) is 19.4. The van der Waals surface area contributed by atoms with Crippen LogP contribution in [0, 0.1) is 13.0 Å². The largest absolute Gasteiger partial charge is 1.00 e. The second kappa shape index (κ2) is 9.51. The minimum atomic E-state index is 0. The third-order valence-electron chi connectivity index (χ3n) is 3.72. The third-order valence-corrected chi connectivity index (χ3v) is 3.72. The van der Waals surface area contributed by atoms with Gasteiger partial charge in [0.2, 0.25) is 0 Å². The Morgan fingerprint density at radius 1 is 1.25 bits per heavy atom. The fraction of sp³-hybridized carbons (Fsp3) is 0.211. The number of aryl methyl sites for hydroxylation is 1. The summed E-state index contributed by atoms with van der Waals surface area (Å²) in [7, 11) is 0. The van der Waals surface area contributed by atoms with Gasteiger partial charge >= 0.3 is 51.4 Å². The molecule has 0 saturated heterocycles. The first-order valence-corrected chi connectivity index (χ1v) is 7.69. The van der Waals surface area contributed by atoms with Crippen LogP contribution in [0.5, 0.6) is 5.75 Å². The number of benzene rings is 2. The van der Waals surface area contributed by atoms with Crippen LogP contribution in [-0.2, 0) is 6.42 Å². The SMILES string of the molecule is Cc1cc(OCCN)[c-]cc1Cc1ccc(-n2cccn2)cc1.[K+]. The summed E-state index contributed by atoms with van der Waals surface area (Å²) < 4.78 is 7.36. The molecule has 0 aliphatic rings. The maximum Gasteiger partial charge on any atom is 1.00 e. The predicted molar refractivity (Wildman–Crippen MR) is 90.9 cm³/mol. The van der Waals surface area contributed by atoms with Gasteiger partial charge in [0.1, 0.15) is 0 Å². The number of hydrogen-bond acceptors (Lipinski definition) is 3. The summed E-state index contributed by atoms with van der Waals surface area (Å²) in [4.78, 5) is 0. The quantitative estimate of drug-likeness (QED) is 0.502. The van der Waals surface area contributed by atoms with Crippen molar-refractivity contribution >= 4 is 0 Å². The number of nitrogens with zero attached hydrogens (tertiary/aromatic N) is 2. The second-order valence-electron chi connectivity index (χ2n) is 5.44. The molecule has 0 unspecified atom stereocenters. The van der Waals surface area contributed by atoms with E-state index in [2.05, 4.69) is 42.4 Å². The van der Waals surface area contributed by atoms with Gasteiger partial charge in [0.05, 0.1) is 12.3 Å². The van der Waals surface area contributed by atoms with Crippen LogP contribution < -0.4 is 61.9 Å². The van der Waals surface area contributed by atoms with E-state index >= 15 is 0 Å². The van der Waals surface area contributed by atoms with Crippen molar-refractivity contribution in [3.05, 3.63) is 77.6 Å². The molecule has 2 aromatic carbocycles. The van der Waals surface area contributed by atoms with Crippen molar-refractivity contribution < 1.29 is 56.1 Å². The summed E-state index contributed by atoms with van der Waals surface area (Å²) in [6.07, 6.45) is 4.59. The van der Waals surface area contributed by atoms with Gasteiger partial charge in [-0.05, 0) is 24.6 Å². The van der Waals surface area contributed by atoms with Crippen LogP contribution >= 0.6 is 0 Å². The van der Waals surface area contributed by atoms with Crippen LogP contribution in [-0.4, -0.2) is 22.9 Å². The predicted octanol–water partition coefficient (Wildman–Crippen LogP) is -0.0868. The minimum absolute atomic E-state index is 0. The average Bonchev–Trinajstić information content (AvgIpc) is 3.10. The van der Waals surface area contributed by atoms with E-state index in [4.69, 9.17) is 10.5 Å². The van der Waals surface area contributed by atoms with E-state index in [1.54, 1.807) is 6.20 Å². The molecule has 5 heteroatoms. The summed E-state index contributed by atoms with van der Waals surface area (Å²) >= 11 is 0. The maximum absolute atomic E-state index is 5.51. The molecule has 0 aliphatic heterocycles. The van der Waals surface area contributed by atoms with Crippen molar-refractivity contribution in [2.24, 2.45) is 5.73 Å². The van der Waals surface area contributed by atoms with Crippen molar-refractivity contribution in [1.29, 1.82) is 0 Å². The molecule has 0 spiro atoms. The van der Waals surface area contributed by atoms with Crippen molar-refractivity contribution in [1.82, 2.24) is 9.78 Å². The van der Waals surface area contributed by atoms with Crippen molar-refractivity contribution in [2.45, 2.75) is 13.3 Å². The Labute approximate surface area is 185 Å². The van der Waals surface area contributed by atoms with Crippen LogP contribution in [0.4, 0.5) is 0 Å². The van der Waals surface area contributed by atoms with Gasteiger partial charge in [-0.2, -0.15) is 16.7 Å². The van der Waals surface area contributed by atoms with Crippen LogP contribution in [0.1, 0.15) is 16.7 Å². The Kier molecular flexibility index (Phi) is 7.68. The number of rotatable bonds is 6. The molecule has 0 atom stereocenters. The molecular weight excluding hydrogens is 325 g/mol. The standard InChI is InChI=1S/C19H20N3O.K/c1-15-13-19(23-12-9-20)8-5-17(15)14-16-3-6-18(7-4-16)22-11-2-10-21-22;/h2-7,10-11,13H,9,12,14,20H2,1H3;/q-1;+1. The smallest absolute Gasteiger partial charge is 0.518 e. The Balaban J connectivity index is 0.00000208. The van der Waals surface area contributed by atoms with E-state index in [1.807, 2.05) is 29.1 Å². The molecule has 1 aromatic heterocycles. The summed E-state index contributed by atoms with van der Waals surface area (Å²) in [5.41, 5.74) is 10.2. The Morgan fingerprint density at radius 3 is 2.67 bits per heavy atom. The molecule has 0 amide bonds. The van der Waals surface area contributed by atoms with E-state index in [1.165, 1.54) is 16.7 Å². The molecule has 3 aromatic rings. The maximum atomic E-state index is 5.51. The molecule has 2 N–H and O–H groups in total. The summed E-state index contributed by atoms with van der Waals surface area (Å²) in [5.74, 6) is 0.755. The van der Waals surface area contributed by atoms with Crippen LogP contribution in [0.25, 0.3) is 5.69 Å². The zero-order chi connectivity index (χ0) is 16.1. The van der Waals surface area contributed by atoms with Gasteiger partial charge in [-0.15, -0.1) is 17.7 Å². The molecule has 0 saturated carbocycles. The van der Waals surface area contributed by atoms with Gasteiger partial charge < -0.3 is 10.5 Å². The van der Waals surface area contributed by atoms with Crippen LogP contribution in [0.15, 0.2) is 54.9 Å². The van der Waals surface area contributed by atoms with Crippen molar-refractivity contribution in [2.75, 3.05) is 13.2 Å². The minimum Gasteiger partial charge on any atom is -0.518 e. The zero-order valence-corrected chi connectivity index (χ0v) is 17.3. The molecule has 0 aliphatic carbocycles. The fourth-order valence-corrected chi connectivity index (χ4v) is 2.45. The van der Waals surface area contributed by atoms with Gasteiger partial charge in [-0.1, -0.05) is 24.6 Å². The molecular formula is C19H20KN3O. The first-order valence-electron chi connectivity index (χ1n) is 7.69. The molecule has 4 nitrogen and oxygen atoms in total. The third kappa shape index (κ3) is 5.02. The van der Waals surface area contributed by atoms with E-state index in [0.29, 0.717) is 13.2 Å². The van der Waals surface area contributed by atoms with Crippen LogP contribution in [0.3, 0.4) is 0 Å². The number of hydrogen-bond donors (Lipinski definition) is 1. The Bertz CT molecular complexity index is 755. The van der Waals surface area contributed by atoms with E-state index < -0.39 is 0 Å². The molecule has 0 radical (unpaired) electrons. The molecule has 3 rings (SSSR count). The fourth-order valence-electron chi connectivity index (χ4n) is 2.45. The molecule has 0 bridgehead atoms. The molecule has 24 heavy (non-hydrogen) atoms. The average molecular weight is 345 g/mol. The van der Waals surface area contributed by atoms with Crippen molar-refractivity contribution in [3.63, 3.8) is 0 Å². The van der Waals surface area contributed by atoms with Gasteiger partial charge in [-0.25, -0.2) is 4.68 Å². The van der Waals surface area contributed by atoms with Crippen molar-refractivity contribution in [3.8, 4) is 11.4 Å². The van der Waals surface area contributed by atoms with Gasteiger partial charge in [-0.3, -0.25) is 0 Å². The normalized spacial score (nSPS) is 10.2. The molecule has 1 heterocycles. The zero-order valence-electron chi connectivity index (χ0n) is 14.2. The topological polar surface area (TPSA) is 53.1 Å². The molecule has 0 fully saturated rings. The first-order chi connectivity index (χ1) is 11.3. The van der Waals surface area contributed by atoms with Crippen LogP contribution in [0.2, 0.25) is 0 Å². The number of aromatic nitrogens is 2.